The molecule has 0 saturated carbocycles. The van der Waals surface area contributed by atoms with Crippen LogP contribution in [0, 0.1) is 11.7 Å². The molecule has 9 nitrogen and oxygen atoms in total. The maximum Gasteiger partial charge on any atom is 0.290 e. The third-order valence-electron chi connectivity index (χ3n) is 7.29. The van der Waals surface area contributed by atoms with Crippen LogP contribution < -0.4 is 20.3 Å². The summed E-state index contributed by atoms with van der Waals surface area (Å²) in [7, 11) is 0. The second kappa shape index (κ2) is 13.1. The van der Waals surface area contributed by atoms with E-state index in [2.05, 4.69) is 30.5 Å². The minimum absolute atomic E-state index is 0.323. The van der Waals surface area contributed by atoms with Gasteiger partial charge in [0, 0.05) is 37.0 Å². The summed E-state index contributed by atoms with van der Waals surface area (Å²) in [5.74, 6) is 1.78. The number of hydrogen-bond donors (Lipinski definition) is 2. The molecule has 0 atom stereocenters. The molecule has 4 aromatic rings. The SMILES string of the molecule is O=C1NC(=O)C(=Cc2ccnc(N3CCC(CNCc4cc(-c5ccc(Oc6ccccc6)cc5)ncc4F)CC3)n2)S1. The summed E-state index contributed by atoms with van der Waals surface area (Å²) < 4.78 is 20.5. The highest BCUT2D eigenvalue weighted by Gasteiger charge is 2.26. The van der Waals surface area contributed by atoms with Crippen LogP contribution in [0.1, 0.15) is 24.1 Å². The fourth-order valence-electron chi connectivity index (χ4n) is 4.99. The maximum absolute atomic E-state index is 14.6. The molecule has 43 heavy (non-hydrogen) atoms. The first-order valence-corrected chi connectivity index (χ1v) is 14.8. The van der Waals surface area contributed by atoms with E-state index in [4.69, 9.17) is 4.74 Å². The highest BCUT2D eigenvalue weighted by molar-refractivity contribution is 8.18. The zero-order valence-electron chi connectivity index (χ0n) is 23.2. The van der Waals surface area contributed by atoms with E-state index in [0.717, 1.165) is 61.3 Å². The number of hydrogen-bond acceptors (Lipinski definition) is 9. The molecule has 2 N–H and O–H groups in total. The van der Waals surface area contributed by atoms with Crippen LogP contribution in [0.3, 0.4) is 0 Å². The molecule has 11 heteroatoms. The quantitative estimate of drug-likeness (QED) is 0.232. The van der Waals surface area contributed by atoms with Gasteiger partial charge in [0.1, 0.15) is 17.3 Å². The molecular formula is C32H29FN6O3S. The molecule has 4 heterocycles. The molecule has 2 aliphatic heterocycles. The number of benzene rings is 2. The standard InChI is InChI=1S/C32H29FN6O3S/c33-27-20-36-28(22-6-8-26(9-7-22)42-25-4-2-1-3-5-25)16-23(27)19-34-18-21-11-14-39(15-12-21)31-35-13-10-24(37-31)17-29-30(40)38-32(41)43-29/h1-10,13,16-17,20-21,34H,11-12,14-15,18-19H2,(H,38,40,41). The van der Waals surface area contributed by atoms with E-state index < -0.39 is 5.91 Å². The molecule has 0 unspecified atom stereocenters. The zero-order valence-corrected chi connectivity index (χ0v) is 24.0. The smallest absolute Gasteiger partial charge is 0.290 e. The minimum atomic E-state index is -0.408. The average molecular weight is 597 g/mol. The zero-order chi connectivity index (χ0) is 29.6. The van der Waals surface area contributed by atoms with Gasteiger partial charge in [-0.3, -0.25) is 19.9 Å². The Morgan fingerprint density at radius 2 is 1.79 bits per heavy atom. The average Bonchev–Trinajstić information content (AvgIpc) is 3.35. The Balaban J connectivity index is 0.998. The van der Waals surface area contributed by atoms with Crippen molar-refractivity contribution >= 4 is 34.9 Å². The van der Waals surface area contributed by atoms with Crippen LogP contribution in [0.2, 0.25) is 0 Å². The number of halogens is 1. The van der Waals surface area contributed by atoms with Gasteiger partial charge in [0.2, 0.25) is 5.95 Å². The molecule has 6 rings (SSSR count). The molecule has 2 aliphatic rings. The van der Waals surface area contributed by atoms with Crippen molar-refractivity contribution in [2.24, 2.45) is 5.92 Å². The van der Waals surface area contributed by atoms with Crippen molar-refractivity contribution in [1.29, 1.82) is 0 Å². The van der Waals surface area contributed by atoms with Crippen molar-refractivity contribution in [3.05, 3.63) is 101 Å². The summed E-state index contributed by atoms with van der Waals surface area (Å²) in [6, 6.07) is 20.7. The number of nitrogens with one attached hydrogen (secondary N) is 2. The van der Waals surface area contributed by atoms with Crippen LogP contribution in [0.4, 0.5) is 15.1 Å². The number of ether oxygens (including phenoxy) is 1. The summed E-state index contributed by atoms with van der Waals surface area (Å²) in [6.07, 6.45) is 6.42. The Bertz CT molecular complexity index is 1640. The van der Waals surface area contributed by atoms with Crippen molar-refractivity contribution in [2.75, 3.05) is 24.5 Å². The first-order valence-electron chi connectivity index (χ1n) is 14.0. The van der Waals surface area contributed by atoms with E-state index in [1.165, 1.54) is 6.20 Å². The lowest BCUT2D eigenvalue weighted by atomic mass is 9.97. The third-order valence-corrected chi connectivity index (χ3v) is 8.11. The predicted molar refractivity (Wildman–Crippen MR) is 164 cm³/mol. The van der Waals surface area contributed by atoms with Crippen LogP contribution in [0.25, 0.3) is 17.3 Å². The number of piperidine rings is 1. The molecule has 2 fully saturated rings. The number of pyridine rings is 1. The first kappa shape index (κ1) is 28.5. The second-order valence-corrected chi connectivity index (χ2v) is 11.3. The summed E-state index contributed by atoms with van der Waals surface area (Å²) in [4.78, 5) is 39.0. The van der Waals surface area contributed by atoms with Gasteiger partial charge in [-0.25, -0.2) is 14.4 Å². The molecule has 2 saturated heterocycles. The lowest BCUT2D eigenvalue weighted by molar-refractivity contribution is -0.115. The Morgan fingerprint density at radius 1 is 1.02 bits per heavy atom. The number of thioether (sulfide) groups is 1. The molecule has 218 valence electrons. The summed E-state index contributed by atoms with van der Waals surface area (Å²) in [5.41, 5.74) is 2.74. The van der Waals surface area contributed by atoms with E-state index in [1.807, 2.05) is 54.6 Å². The summed E-state index contributed by atoms with van der Waals surface area (Å²) in [6.45, 7) is 2.75. The van der Waals surface area contributed by atoms with Gasteiger partial charge < -0.3 is 15.0 Å². The topological polar surface area (TPSA) is 109 Å². The lowest BCUT2D eigenvalue weighted by Gasteiger charge is -2.32. The van der Waals surface area contributed by atoms with Crippen LogP contribution in [0.5, 0.6) is 11.5 Å². The van der Waals surface area contributed by atoms with Gasteiger partial charge in [-0.2, -0.15) is 0 Å². The Kier molecular flexibility index (Phi) is 8.71. The van der Waals surface area contributed by atoms with Gasteiger partial charge in [-0.05, 0) is 91.7 Å². The highest BCUT2D eigenvalue weighted by Crippen LogP contribution is 2.27. The summed E-state index contributed by atoms with van der Waals surface area (Å²) in [5, 5.41) is 5.29. The molecule has 0 spiro atoms. The summed E-state index contributed by atoms with van der Waals surface area (Å²) >= 11 is 0.866. The van der Waals surface area contributed by atoms with Crippen molar-refractivity contribution in [1.82, 2.24) is 25.6 Å². The fraction of sp³-hybridized carbons (Fsp3) is 0.219. The molecule has 0 aliphatic carbocycles. The van der Waals surface area contributed by atoms with Gasteiger partial charge >= 0.3 is 0 Å². The molecule has 2 amide bonds. The van der Waals surface area contributed by atoms with Crippen LogP contribution in [-0.4, -0.2) is 45.7 Å². The van der Waals surface area contributed by atoms with Crippen molar-refractivity contribution in [3.8, 4) is 22.8 Å². The van der Waals surface area contributed by atoms with E-state index in [1.54, 1.807) is 24.4 Å². The minimum Gasteiger partial charge on any atom is -0.457 e. The first-order chi connectivity index (χ1) is 21.0. The second-order valence-electron chi connectivity index (χ2n) is 10.3. The number of aromatic nitrogens is 3. The number of amides is 2. The van der Waals surface area contributed by atoms with E-state index in [0.29, 0.717) is 40.3 Å². The normalized spacial score (nSPS) is 16.5. The monoisotopic (exact) mass is 596 g/mol. The van der Waals surface area contributed by atoms with Crippen LogP contribution in [-0.2, 0) is 11.3 Å². The van der Waals surface area contributed by atoms with E-state index in [-0.39, 0.29) is 11.1 Å². The fourth-order valence-corrected chi connectivity index (χ4v) is 5.66. The highest BCUT2D eigenvalue weighted by atomic mass is 32.2. The van der Waals surface area contributed by atoms with Crippen molar-refractivity contribution in [2.45, 2.75) is 19.4 Å². The number of nitrogens with zero attached hydrogens (tertiary/aromatic N) is 4. The molecule has 0 radical (unpaired) electrons. The van der Waals surface area contributed by atoms with Gasteiger partial charge in [-0.15, -0.1) is 0 Å². The van der Waals surface area contributed by atoms with Gasteiger partial charge in [0.15, 0.2) is 0 Å². The van der Waals surface area contributed by atoms with Crippen LogP contribution in [0.15, 0.2) is 84.0 Å². The number of carbonyl (C=O) groups is 2. The largest absolute Gasteiger partial charge is 0.457 e. The van der Waals surface area contributed by atoms with Crippen LogP contribution >= 0.6 is 11.8 Å². The number of carbonyl (C=O) groups excluding carboxylic acids is 2. The number of para-hydroxylation sites is 1. The number of rotatable bonds is 9. The molecule has 2 aromatic carbocycles. The molecule has 2 aromatic heterocycles. The maximum atomic E-state index is 14.6. The Hall–Kier alpha value is -4.61. The Morgan fingerprint density at radius 3 is 2.53 bits per heavy atom. The third kappa shape index (κ3) is 7.25. The van der Waals surface area contributed by atoms with Crippen molar-refractivity contribution < 1.29 is 18.7 Å². The van der Waals surface area contributed by atoms with Crippen molar-refractivity contribution in [3.63, 3.8) is 0 Å². The van der Waals surface area contributed by atoms with E-state index in [9.17, 15) is 14.0 Å². The number of imide groups is 1. The van der Waals surface area contributed by atoms with Gasteiger partial charge in [0.25, 0.3) is 11.1 Å². The number of anilines is 1. The van der Waals surface area contributed by atoms with Gasteiger partial charge in [-0.1, -0.05) is 18.2 Å². The van der Waals surface area contributed by atoms with Gasteiger partial charge in [0.05, 0.1) is 22.5 Å². The Labute approximate surface area is 252 Å². The predicted octanol–water partition coefficient (Wildman–Crippen LogP) is 5.80. The molecule has 0 bridgehead atoms. The molecular weight excluding hydrogens is 567 g/mol. The van der Waals surface area contributed by atoms with E-state index >= 15 is 0 Å². The lowest BCUT2D eigenvalue weighted by Crippen LogP contribution is -2.38.